The molecule has 1 aromatic rings. The molecular weight excluding hydrogens is 287 g/mol. The third-order valence-corrected chi connectivity index (χ3v) is 2.21. The van der Waals surface area contributed by atoms with E-state index in [0.29, 0.717) is 0 Å². The first kappa shape index (κ1) is 15.1. The predicted octanol–water partition coefficient (Wildman–Crippen LogP) is 3.29. The topological polar surface area (TPSA) is 59.3 Å². The van der Waals surface area contributed by atoms with Gasteiger partial charge in [0.05, 0.1) is 22.8 Å². The number of nitrogens with zero attached hydrogens (tertiary/aromatic N) is 1. The van der Waals surface area contributed by atoms with Crippen LogP contribution in [0.3, 0.4) is 0 Å². The van der Waals surface area contributed by atoms with E-state index >= 15 is 0 Å². The lowest BCUT2D eigenvalue weighted by Crippen LogP contribution is -2.18. The number of hydrogen-bond acceptors (Lipinski definition) is 4. The van der Waals surface area contributed by atoms with Crippen molar-refractivity contribution in [2.45, 2.75) is 13.3 Å². The SMILES string of the molecule is CCOC(=O)c1cc(OC(F)(F)F)c(Cl)cc1C#N. The second kappa shape index (κ2) is 5.80. The Bertz CT molecular complexity index is 537. The average molecular weight is 294 g/mol. The molecular formula is C11H7ClF3NO3. The zero-order valence-corrected chi connectivity index (χ0v) is 10.3. The summed E-state index contributed by atoms with van der Waals surface area (Å²) in [6.45, 7) is 1.54. The second-order valence-corrected chi connectivity index (χ2v) is 3.62. The highest BCUT2D eigenvalue weighted by Gasteiger charge is 2.33. The summed E-state index contributed by atoms with van der Waals surface area (Å²) >= 11 is 5.54. The highest BCUT2D eigenvalue weighted by atomic mass is 35.5. The molecule has 19 heavy (non-hydrogen) atoms. The second-order valence-electron chi connectivity index (χ2n) is 3.21. The number of halogens is 4. The molecule has 0 fully saturated rings. The van der Waals surface area contributed by atoms with Crippen LogP contribution in [0.4, 0.5) is 13.2 Å². The van der Waals surface area contributed by atoms with Crippen LogP contribution in [-0.4, -0.2) is 18.9 Å². The number of ether oxygens (including phenoxy) is 2. The van der Waals surface area contributed by atoms with E-state index in [0.717, 1.165) is 12.1 Å². The highest BCUT2D eigenvalue weighted by molar-refractivity contribution is 6.32. The minimum absolute atomic E-state index is 0.0157. The van der Waals surface area contributed by atoms with Crippen molar-refractivity contribution in [1.82, 2.24) is 0 Å². The van der Waals surface area contributed by atoms with Crippen LogP contribution >= 0.6 is 11.6 Å². The third-order valence-electron chi connectivity index (χ3n) is 1.91. The average Bonchev–Trinajstić information content (AvgIpc) is 2.29. The van der Waals surface area contributed by atoms with E-state index in [4.69, 9.17) is 16.9 Å². The molecule has 0 aliphatic heterocycles. The Morgan fingerprint density at radius 2 is 2.11 bits per heavy atom. The van der Waals surface area contributed by atoms with Gasteiger partial charge in [-0.05, 0) is 19.1 Å². The van der Waals surface area contributed by atoms with Crippen molar-refractivity contribution >= 4 is 17.6 Å². The number of hydrogen-bond donors (Lipinski definition) is 0. The standard InChI is InChI=1S/C11H7ClF3NO3/c1-2-18-10(17)7-4-9(19-11(13,14)15)8(12)3-6(7)5-16/h3-4H,2H2,1H3. The van der Waals surface area contributed by atoms with E-state index in [1.54, 1.807) is 6.07 Å². The smallest absolute Gasteiger partial charge is 0.462 e. The first-order chi connectivity index (χ1) is 8.78. The van der Waals surface area contributed by atoms with Gasteiger partial charge in [0.25, 0.3) is 0 Å². The van der Waals surface area contributed by atoms with Gasteiger partial charge in [0, 0.05) is 0 Å². The Balaban J connectivity index is 3.26. The number of alkyl halides is 3. The van der Waals surface area contributed by atoms with Gasteiger partial charge in [-0.15, -0.1) is 13.2 Å². The monoisotopic (exact) mass is 293 g/mol. The Morgan fingerprint density at radius 1 is 1.47 bits per heavy atom. The van der Waals surface area contributed by atoms with Crippen molar-refractivity contribution in [3.05, 3.63) is 28.3 Å². The van der Waals surface area contributed by atoms with Gasteiger partial charge < -0.3 is 9.47 Å². The fourth-order valence-electron chi connectivity index (χ4n) is 1.23. The van der Waals surface area contributed by atoms with Crippen LogP contribution in [0.5, 0.6) is 5.75 Å². The summed E-state index contributed by atoms with van der Waals surface area (Å²) in [4.78, 5) is 11.5. The molecule has 0 spiro atoms. The maximum absolute atomic E-state index is 12.1. The van der Waals surface area contributed by atoms with Gasteiger partial charge in [-0.1, -0.05) is 11.6 Å². The van der Waals surface area contributed by atoms with E-state index in [9.17, 15) is 18.0 Å². The van der Waals surface area contributed by atoms with E-state index in [1.165, 1.54) is 6.92 Å². The molecule has 0 heterocycles. The molecule has 0 aromatic heterocycles. The van der Waals surface area contributed by atoms with Crippen molar-refractivity contribution in [3.8, 4) is 11.8 Å². The van der Waals surface area contributed by atoms with Crippen molar-refractivity contribution in [3.63, 3.8) is 0 Å². The maximum Gasteiger partial charge on any atom is 0.573 e. The number of benzene rings is 1. The van der Waals surface area contributed by atoms with Gasteiger partial charge in [-0.25, -0.2) is 4.79 Å². The van der Waals surface area contributed by atoms with Crippen LogP contribution in [0, 0.1) is 11.3 Å². The summed E-state index contributed by atoms with van der Waals surface area (Å²) in [5, 5.41) is 8.38. The number of carbonyl (C=O) groups is 1. The van der Waals surface area contributed by atoms with Gasteiger partial charge in [0.1, 0.15) is 11.8 Å². The predicted molar refractivity (Wildman–Crippen MR) is 58.8 cm³/mol. The molecule has 8 heteroatoms. The minimum atomic E-state index is -4.95. The van der Waals surface area contributed by atoms with Gasteiger partial charge in [0.15, 0.2) is 0 Å². The first-order valence-electron chi connectivity index (χ1n) is 4.95. The molecule has 0 radical (unpaired) electrons. The fraction of sp³-hybridized carbons (Fsp3) is 0.273. The van der Waals surface area contributed by atoms with Gasteiger partial charge in [-0.2, -0.15) is 5.26 Å². The van der Waals surface area contributed by atoms with Crippen molar-refractivity contribution in [2.24, 2.45) is 0 Å². The van der Waals surface area contributed by atoms with Gasteiger partial charge in [0.2, 0.25) is 0 Å². The van der Waals surface area contributed by atoms with Crippen molar-refractivity contribution < 1.29 is 27.4 Å². The Morgan fingerprint density at radius 3 is 2.58 bits per heavy atom. The summed E-state index contributed by atoms with van der Waals surface area (Å²) < 4.78 is 44.6. The molecule has 1 rings (SSSR count). The lowest BCUT2D eigenvalue weighted by Gasteiger charge is -2.12. The van der Waals surface area contributed by atoms with Crippen LogP contribution in [-0.2, 0) is 4.74 Å². The summed E-state index contributed by atoms with van der Waals surface area (Å²) in [7, 11) is 0. The van der Waals surface area contributed by atoms with Gasteiger partial charge >= 0.3 is 12.3 Å². The summed E-state index contributed by atoms with van der Waals surface area (Å²) in [6.07, 6.45) is -4.95. The molecule has 0 saturated heterocycles. The van der Waals surface area contributed by atoms with Crippen molar-refractivity contribution in [2.75, 3.05) is 6.61 Å². The molecule has 0 saturated carbocycles. The number of rotatable bonds is 3. The normalized spacial score (nSPS) is 10.7. The van der Waals surface area contributed by atoms with Crippen molar-refractivity contribution in [1.29, 1.82) is 5.26 Å². The van der Waals surface area contributed by atoms with Crippen LogP contribution in [0.1, 0.15) is 22.8 Å². The lowest BCUT2D eigenvalue weighted by molar-refractivity contribution is -0.274. The molecule has 0 N–H and O–H groups in total. The van der Waals surface area contributed by atoms with E-state index in [2.05, 4.69) is 9.47 Å². The minimum Gasteiger partial charge on any atom is -0.462 e. The van der Waals surface area contributed by atoms with E-state index < -0.39 is 23.1 Å². The molecule has 1 aromatic carbocycles. The quantitative estimate of drug-likeness (QED) is 0.802. The molecule has 0 bridgehead atoms. The zero-order chi connectivity index (χ0) is 14.6. The summed E-state index contributed by atoms with van der Waals surface area (Å²) in [5.74, 6) is -1.70. The maximum atomic E-state index is 12.1. The third kappa shape index (κ3) is 4.03. The number of esters is 1. The number of nitriles is 1. The molecule has 0 unspecified atom stereocenters. The van der Waals surface area contributed by atoms with Crippen LogP contribution < -0.4 is 4.74 Å². The first-order valence-corrected chi connectivity index (χ1v) is 5.32. The summed E-state index contributed by atoms with van der Waals surface area (Å²) in [6, 6.07) is 3.28. The molecule has 0 amide bonds. The van der Waals surface area contributed by atoms with E-state index in [-0.39, 0.29) is 17.7 Å². The largest absolute Gasteiger partial charge is 0.573 e. The zero-order valence-electron chi connectivity index (χ0n) is 9.55. The Kier molecular flexibility index (Phi) is 4.62. The van der Waals surface area contributed by atoms with Crippen LogP contribution in [0.15, 0.2) is 12.1 Å². The van der Waals surface area contributed by atoms with Crippen LogP contribution in [0.2, 0.25) is 5.02 Å². The fourth-order valence-corrected chi connectivity index (χ4v) is 1.43. The Hall–Kier alpha value is -1.94. The Labute approximate surface area is 111 Å². The summed E-state index contributed by atoms with van der Waals surface area (Å²) in [5.41, 5.74) is -0.536. The molecule has 4 nitrogen and oxygen atoms in total. The van der Waals surface area contributed by atoms with E-state index in [1.807, 2.05) is 0 Å². The van der Waals surface area contributed by atoms with Gasteiger partial charge in [-0.3, -0.25) is 0 Å². The molecule has 0 atom stereocenters. The lowest BCUT2D eigenvalue weighted by atomic mass is 10.1. The highest BCUT2D eigenvalue weighted by Crippen LogP contribution is 2.32. The number of carbonyl (C=O) groups excluding carboxylic acids is 1. The van der Waals surface area contributed by atoms with Crippen LogP contribution in [0.25, 0.3) is 0 Å². The molecule has 0 aliphatic carbocycles. The molecule has 102 valence electrons. The molecule has 0 aliphatic rings.